The Morgan fingerprint density at radius 1 is 1.47 bits per heavy atom. The van der Waals surface area contributed by atoms with Crippen molar-refractivity contribution in [2.24, 2.45) is 0 Å². The third-order valence-electron chi connectivity index (χ3n) is 2.16. The Morgan fingerprint density at radius 2 is 2.11 bits per heavy atom. The lowest BCUT2D eigenvalue weighted by molar-refractivity contribution is -0.325. The van der Waals surface area contributed by atoms with Crippen molar-refractivity contribution in [2.75, 3.05) is 6.61 Å². The van der Waals surface area contributed by atoms with Gasteiger partial charge in [0.05, 0.1) is 6.61 Å². The van der Waals surface area contributed by atoms with Gasteiger partial charge in [0.15, 0.2) is 5.03 Å². The fraction of sp³-hybridized carbons (Fsp3) is 0.667. The molecular formula is C9H12ClF3N2O3S. The smallest absolute Gasteiger partial charge is 0.331 e. The van der Waals surface area contributed by atoms with Gasteiger partial charge in [0.2, 0.25) is 0 Å². The van der Waals surface area contributed by atoms with Crippen molar-refractivity contribution in [2.45, 2.75) is 37.7 Å². The lowest BCUT2D eigenvalue weighted by Crippen LogP contribution is -2.18. The van der Waals surface area contributed by atoms with Gasteiger partial charge in [0.1, 0.15) is 5.82 Å². The summed E-state index contributed by atoms with van der Waals surface area (Å²) in [7, 11) is 1.14. The van der Waals surface area contributed by atoms with Crippen molar-refractivity contribution in [1.82, 2.24) is 9.55 Å². The van der Waals surface area contributed by atoms with Crippen LogP contribution in [0, 0.1) is 0 Å². The van der Waals surface area contributed by atoms with Gasteiger partial charge in [-0.25, -0.2) is 13.4 Å². The molecule has 1 aromatic heterocycles. The second-order valence-corrected chi connectivity index (χ2v) is 6.18. The van der Waals surface area contributed by atoms with E-state index in [1.54, 1.807) is 0 Å². The molecule has 0 N–H and O–H groups in total. The van der Waals surface area contributed by atoms with Gasteiger partial charge in [-0.05, 0) is 6.42 Å². The zero-order valence-corrected chi connectivity index (χ0v) is 11.5. The molecule has 0 aliphatic heterocycles. The van der Waals surface area contributed by atoms with Crippen LogP contribution < -0.4 is 0 Å². The molecule has 0 atom stereocenters. The fourth-order valence-electron chi connectivity index (χ4n) is 1.42. The summed E-state index contributed by atoms with van der Waals surface area (Å²) in [6.45, 7) is 1.05. The Hall–Kier alpha value is -0.800. The van der Waals surface area contributed by atoms with Crippen LogP contribution in [0.15, 0.2) is 11.2 Å². The number of hydrogen-bond acceptors (Lipinski definition) is 4. The van der Waals surface area contributed by atoms with Crippen LogP contribution in [-0.4, -0.2) is 30.9 Å². The molecular weight excluding hydrogens is 309 g/mol. The molecule has 1 heterocycles. The van der Waals surface area contributed by atoms with Gasteiger partial charge >= 0.3 is 6.36 Å². The Kier molecular flexibility index (Phi) is 5.22. The van der Waals surface area contributed by atoms with Gasteiger partial charge in [-0.15, -0.1) is 13.2 Å². The van der Waals surface area contributed by atoms with Gasteiger partial charge in [-0.3, -0.25) is 4.74 Å². The first-order chi connectivity index (χ1) is 8.63. The van der Waals surface area contributed by atoms with E-state index in [-0.39, 0.29) is 11.6 Å². The first kappa shape index (κ1) is 16.3. The van der Waals surface area contributed by atoms with Crippen LogP contribution in [0.3, 0.4) is 0 Å². The lowest BCUT2D eigenvalue weighted by Gasteiger charge is -2.09. The van der Waals surface area contributed by atoms with Gasteiger partial charge < -0.3 is 4.57 Å². The zero-order valence-electron chi connectivity index (χ0n) is 9.95. The van der Waals surface area contributed by atoms with Gasteiger partial charge in [-0.2, -0.15) is 0 Å². The number of rotatable bonds is 6. The summed E-state index contributed by atoms with van der Waals surface area (Å²) in [6.07, 6.45) is -2.52. The molecule has 0 spiro atoms. The molecule has 0 bridgehead atoms. The maximum Gasteiger partial charge on any atom is 0.522 e. The van der Waals surface area contributed by atoms with Crippen molar-refractivity contribution in [3.05, 3.63) is 12.0 Å². The average Bonchev–Trinajstić information content (AvgIpc) is 2.60. The minimum atomic E-state index is -4.72. The second kappa shape index (κ2) is 6.10. The van der Waals surface area contributed by atoms with E-state index in [4.69, 9.17) is 10.7 Å². The van der Waals surface area contributed by atoms with Crippen molar-refractivity contribution >= 4 is 19.7 Å². The van der Waals surface area contributed by atoms with E-state index in [9.17, 15) is 21.6 Å². The molecule has 0 aliphatic carbocycles. The van der Waals surface area contributed by atoms with E-state index < -0.39 is 22.0 Å². The number of alkyl halides is 3. The van der Waals surface area contributed by atoms with Crippen LogP contribution in [0.4, 0.5) is 13.2 Å². The molecule has 5 nitrogen and oxygen atoms in total. The maximum atomic E-state index is 11.8. The topological polar surface area (TPSA) is 61.2 Å². The molecule has 110 valence electrons. The minimum Gasteiger partial charge on any atom is -0.331 e. The zero-order chi connectivity index (χ0) is 14.7. The molecule has 0 amide bonds. The van der Waals surface area contributed by atoms with E-state index in [1.807, 2.05) is 6.92 Å². The highest BCUT2D eigenvalue weighted by Crippen LogP contribution is 2.18. The van der Waals surface area contributed by atoms with Crippen LogP contribution in [0.5, 0.6) is 0 Å². The van der Waals surface area contributed by atoms with Gasteiger partial charge in [-0.1, -0.05) is 6.92 Å². The monoisotopic (exact) mass is 320 g/mol. The molecule has 0 radical (unpaired) electrons. The Labute approximate surface area is 112 Å². The summed E-state index contributed by atoms with van der Waals surface area (Å²) < 4.78 is 62.7. The van der Waals surface area contributed by atoms with E-state index in [2.05, 4.69) is 9.72 Å². The van der Waals surface area contributed by atoms with Crippen molar-refractivity contribution in [1.29, 1.82) is 0 Å². The number of imidazole rings is 1. The molecule has 0 aromatic carbocycles. The van der Waals surface area contributed by atoms with E-state index >= 15 is 0 Å². The summed E-state index contributed by atoms with van der Waals surface area (Å²) in [5, 5.41) is -0.371. The van der Waals surface area contributed by atoms with E-state index in [1.165, 1.54) is 4.57 Å². The molecule has 0 fully saturated rings. The largest absolute Gasteiger partial charge is 0.522 e. The molecule has 1 rings (SSSR count). The molecule has 19 heavy (non-hydrogen) atoms. The lowest BCUT2D eigenvalue weighted by atomic mass is 10.3. The average molecular weight is 321 g/mol. The first-order valence-corrected chi connectivity index (χ1v) is 7.66. The number of nitrogens with zero attached hydrogens (tertiary/aromatic N) is 2. The van der Waals surface area contributed by atoms with Gasteiger partial charge in [0.25, 0.3) is 9.05 Å². The van der Waals surface area contributed by atoms with Gasteiger partial charge in [0, 0.05) is 29.8 Å². The Balaban J connectivity index is 2.83. The quantitative estimate of drug-likeness (QED) is 0.755. The Morgan fingerprint density at radius 3 is 2.58 bits per heavy atom. The normalized spacial score (nSPS) is 12.9. The standard InChI is InChI=1S/C9H12ClF3N2O3S/c1-2-3-7-14-8(19(10,16)17)6-15(7)4-5-18-9(11,12)13/h6H,2-5H2,1H3. The highest BCUT2D eigenvalue weighted by Gasteiger charge is 2.29. The second-order valence-electron chi connectivity index (χ2n) is 3.67. The van der Waals surface area contributed by atoms with Crippen LogP contribution >= 0.6 is 10.7 Å². The van der Waals surface area contributed by atoms with Crippen LogP contribution in [0.25, 0.3) is 0 Å². The fourth-order valence-corrected chi connectivity index (χ4v) is 2.11. The number of halogens is 4. The maximum absolute atomic E-state index is 11.8. The summed E-state index contributed by atoms with van der Waals surface area (Å²) in [5.74, 6) is 0.354. The first-order valence-electron chi connectivity index (χ1n) is 5.35. The third kappa shape index (κ3) is 5.37. The summed E-state index contributed by atoms with van der Waals surface area (Å²) in [6, 6.07) is 0. The number of ether oxygens (including phenoxy) is 1. The predicted octanol–water partition coefficient (Wildman–Crippen LogP) is 2.30. The minimum absolute atomic E-state index is 0.158. The molecule has 0 saturated heterocycles. The highest BCUT2D eigenvalue weighted by molar-refractivity contribution is 8.13. The number of aromatic nitrogens is 2. The predicted molar refractivity (Wildman–Crippen MR) is 61.3 cm³/mol. The van der Waals surface area contributed by atoms with Crippen LogP contribution in [0.2, 0.25) is 0 Å². The Bertz CT molecular complexity index is 527. The van der Waals surface area contributed by atoms with Crippen LogP contribution in [0.1, 0.15) is 19.2 Å². The summed E-state index contributed by atoms with van der Waals surface area (Å²) in [5.41, 5.74) is 0. The van der Waals surface area contributed by atoms with Crippen molar-refractivity contribution in [3.8, 4) is 0 Å². The molecule has 1 aromatic rings. The van der Waals surface area contributed by atoms with E-state index in [0.29, 0.717) is 18.7 Å². The van der Waals surface area contributed by atoms with Crippen molar-refractivity contribution < 1.29 is 26.3 Å². The number of aryl methyl sites for hydroxylation is 1. The number of hydrogen-bond donors (Lipinski definition) is 0. The molecule has 10 heteroatoms. The third-order valence-corrected chi connectivity index (χ3v) is 3.33. The highest BCUT2D eigenvalue weighted by atomic mass is 35.7. The molecule has 0 unspecified atom stereocenters. The van der Waals surface area contributed by atoms with E-state index in [0.717, 1.165) is 6.20 Å². The SMILES string of the molecule is CCCc1nc(S(=O)(=O)Cl)cn1CCOC(F)(F)F. The summed E-state index contributed by atoms with van der Waals surface area (Å²) >= 11 is 0. The van der Waals surface area contributed by atoms with Crippen LogP contribution in [-0.2, 0) is 26.8 Å². The molecule has 0 saturated carbocycles. The summed E-state index contributed by atoms with van der Waals surface area (Å²) in [4.78, 5) is 3.79. The molecule has 0 aliphatic rings. The van der Waals surface area contributed by atoms with Crippen molar-refractivity contribution in [3.63, 3.8) is 0 Å².